The summed E-state index contributed by atoms with van der Waals surface area (Å²) in [6.07, 6.45) is -1.10. The number of sulfonamides is 1. The normalized spacial score (nSPS) is 12.8. The van der Waals surface area contributed by atoms with E-state index in [9.17, 15) is 17.9 Å². The first-order valence-corrected chi connectivity index (χ1v) is 13.7. The molecule has 0 aliphatic carbocycles. The highest BCUT2D eigenvalue weighted by molar-refractivity contribution is 7.92. The van der Waals surface area contributed by atoms with E-state index in [1.54, 1.807) is 24.3 Å². The van der Waals surface area contributed by atoms with Gasteiger partial charge in [0.15, 0.2) is 0 Å². The lowest BCUT2D eigenvalue weighted by molar-refractivity contribution is 0.166. The number of hydrogen-bond donors (Lipinski definition) is 1. The summed E-state index contributed by atoms with van der Waals surface area (Å²) >= 11 is 12.5. The zero-order chi connectivity index (χ0) is 26.3. The van der Waals surface area contributed by atoms with Crippen molar-refractivity contribution in [2.75, 3.05) is 10.8 Å². The monoisotopic (exact) mass is 556 g/mol. The van der Waals surface area contributed by atoms with Crippen molar-refractivity contribution in [2.45, 2.75) is 24.5 Å². The van der Waals surface area contributed by atoms with E-state index >= 15 is 0 Å². The highest BCUT2D eigenvalue weighted by Gasteiger charge is 2.28. The molecule has 5 rings (SSSR count). The lowest BCUT2D eigenvalue weighted by atomic mass is 10.1. The molecule has 0 fully saturated rings. The van der Waals surface area contributed by atoms with Crippen LogP contribution in [0.3, 0.4) is 0 Å². The van der Waals surface area contributed by atoms with Gasteiger partial charge in [-0.3, -0.25) is 4.31 Å². The standard InChI is InChI=1S/C28H23Cl2FN2O3S/c1-18-2-10-24(11-3-18)37(35,36)33(22-8-6-21(31)7-9-22)17-23(34)16-32-27-12-4-19(29)14-25(27)26-15-20(30)5-13-28(26)32/h2-15,23,34H,16-17H2,1H3/t23-/m0/s1. The minimum Gasteiger partial charge on any atom is -0.389 e. The van der Waals surface area contributed by atoms with Crippen molar-refractivity contribution in [3.63, 3.8) is 0 Å². The number of rotatable bonds is 7. The molecule has 0 saturated heterocycles. The fraction of sp³-hybridized carbons (Fsp3) is 0.143. The van der Waals surface area contributed by atoms with Gasteiger partial charge in [-0.1, -0.05) is 40.9 Å². The van der Waals surface area contributed by atoms with Gasteiger partial charge >= 0.3 is 0 Å². The Bertz CT molecular complexity index is 1640. The molecule has 5 aromatic rings. The van der Waals surface area contributed by atoms with Crippen LogP contribution in [0.2, 0.25) is 10.0 Å². The zero-order valence-electron chi connectivity index (χ0n) is 19.8. The lowest BCUT2D eigenvalue weighted by Gasteiger charge is -2.27. The first-order valence-electron chi connectivity index (χ1n) is 11.5. The summed E-state index contributed by atoms with van der Waals surface area (Å²) in [6.45, 7) is 1.72. The maximum Gasteiger partial charge on any atom is 0.264 e. The average molecular weight is 557 g/mol. The quantitative estimate of drug-likeness (QED) is 0.239. The van der Waals surface area contributed by atoms with Gasteiger partial charge in [-0.15, -0.1) is 0 Å². The van der Waals surface area contributed by atoms with Gasteiger partial charge in [0.2, 0.25) is 0 Å². The number of aliphatic hydroxyl groups is 1. The van der Waals surface area contributed by atoms with E-state index in [2.05, 4.69) is 0 Å². The first kappa shape index (κ1) is 25.5. The molecule has 0 aliphatic rings. The van der Waals surface area contributed by atoms with Crippen molar-refractivity contribution in [1.82, 2.24) is 4.57 Å². The topological polar surface area (TPSA) is 62.5 Å². The number of nitrogens with zero attached hydrogens (tertiary/aromatic N) is 2. The van der Waals surface area contributed by atoms with Crippen LogP contribution in [0, 0.1) is 12.7 Å². The average Bonchev–Trinajstić information content (AvgIpc) is 3.15. The van der Waals surface area contributed by atoms with Gasteiger partial charge in [-0.25, -0.2) is 12.8 Å². The van der Waals surface area contributed by atoms with Crippen LogP contribution >= 0.6 is 23.2 Å². The number of aryl methyl sites for hydroxylation is 1. The van der Waals surface area contributed by atoms with E-state index in [1.165, 1.54) is 36.4 Å². The highest BCUT2D eigenvalue weighted by Crippen LogP contribution is 2.33. The van der Waals surface area contributed by atoms with Gasteiger partial charge in [0.1, 0.15) is 5.82 Å². The number of halogens is 3. The molecule has 0 radical (unpaired) electrons. The third-order valence-corrected chi connectivity index (χ3v) is 8.56. The predicted octanol–water partition coefficient (Wildman–Crippen LogP) is 6.81. The largest absolute Gasteiger partial charge is 0.389 e. The summed E-state index contributed by atoms with van der Waals surface area (Å²) < 4.78 is 44.0. The van der Waals surface area contributed by atoms with Gasteiger partial charge < -0.3 is 9.67 Å². The Labute approximate surface area is 224 Å². The number of aromatic nitrogens is 1. The van der Waals surface area contributed by atoms with E-state index in [1.807, 2.05) is 35.8 Å². The Balaban J connectivity index is 1.54. The molecule has 1 aromatic heterocycles. The molecular formula is C28H23Cl2FN2O3S. The van der Waals surface area contributed by atoms with Crippen molar-refractivity contribution < 1.29 is 17.9 Å². The number of benzene rings is 4. The highest BCUT2D eigenvalue weighted by atomic mass is 35.5. The summed E-state index contributed by atoms with van der Waals surface area (Å²) in [6, 6.07) is 22.5. The predicted molar refractivity (Wildman–Crippen MR) is 148 cm³/mol. The second-order valence-electron chi connectivity index (χ2n) is 8.91. The molecule has 0 spiro atoms. The molecule has 4 aromatic carbocycles. The van der Waals surface area contributed by atoms with Gasteiger partial charge in [-0.2, -0.15) is 0 Å². The SMILES string of the molecule is Cc1ccc(S(=O)(=O)N(C[C@@H](O)Cn2c3ccc(Cl)cc3c3cc(Cl)ccc32)c2ccc(F)cc2)cc1. The number of hydrogen-bond acceptors (Lipinski definition) is 3. The third kappa shape index (κ3) is 5.05. The van der Waals surface area contributed by atoms with E-state index < -0.39 is 21.9 Å². The second-order valence-corrected chi connectivity index (χ2v) is 11.6. The zero-order valence-corrected chi connectivity index (χ0v) is 22.1. The van der Waals surface area contributed by atoms with Crippen LogP contribution in [0.25, 0.3) is 21.8 Å². The molecule has 1 N–H and O–H groups in total. The number of aliphatic hydroxyl groups excluding tert-OH is 1. The Hall–Kier alpha value is -3.10. The van der Waals surface area contributed by atoms with Gasteiger partial charge in [-0.05, 0) is 79.7 Å². The minimum atomic E-state index is -4.05. The summed E-state index contributed by atoms with van der Waals surface area (Å²) in [5.41, 5.74) is 2.83. The molecule has 0 amide bonds. The Kier molecular flexibility index (Phi) is 6.89. The van der Waals surface area contributed by atoms with Crippen LogP contribution in [-0.4, -0.2) is 30.7 Å². The molecule has 1 atom stereocenters. The van der Waals surface area contributed by atoms with Crippen LogP contribution in [0.15, 0.2) is 89.8 Å². The molecule has 0 saturated carbocycles. The molecule has 0 bridgehead atoms. The molecule has 5 nitrogen and oxygen atoms in total. The van der Waals surface area contributed by atoms with Gasteiger partial charge in [0.25, 0.3) is 10.0 Å². The third-order valence-electron chi connectivity index (χ3n) is 6.28. The van der Waals surface area contributed by atoms with Gasteiger partial charge in [0, 0.05) is 31.9 Å². The fourth-order valence-electron chi connectivity index (χ4n) is 4.49. The van der Waals surface area contributed by atoms with E-state index in [4.69, 9.17) is 23.2 Å². The van der Waals surface area contributed by atoms with Crippen molar-refractivity contribution in [3.8, 4) is 0 Å². The van der Waals surface area contributed by atoms with Crippen LogP contribution in [-0.2, 0) is 16.6 Å². The fourth-order valence-corrected chi connectivity index (χ4v) is 6.34. The van der Waals surface area contributed by atoms with Gasteiger partial charge in [0.05, 0.1) is 29.8 Å². The Morgan fingerprint density at radius 1 is 0.865 bits per heavy atom. The maximum absolute atomic E-state index is 13.7. The maximum atomic E-state index is 13.7. The molecular weight excluding hydrogens is 534 g/mol. The van der Waals surface area contributed by atoms with Crippen molar-refractivity contribution in [1.29, 1.82) is 0 Å². The van der Waals surface area contributed by atoms with E-state index in [0.717, 1.165) is 31.7 Å². The first-order chi connectivity index (χ1) is 17.6. The Morgan fingerprint density at radius 2 is 1.41 bits per heavy atom. The Morgan fingerprint density at radius 3 is 1.95 bits per heavy atom. The molecule has 9 heteroatoms. The number of anilines is 1. The molecule has 37 heavy (non-hydrogen) atoms. The second kappa shape index (κ2) is 9.99. The lowest BCUT2D eigenvalue weighted by Crippen LogP contribution is -2.39. The molecule has 190 valence electrons. The van der Waals surface area contributed by atoms with Crippen molar-refractivity contribution >= 4 is 60.7 Å². The van der Waals surface area contributed by atoms with Crippen LogP contribution < -0.4 is 4.31 Å². The summed E-state index contributed by atoms with van der Waals surface area (Å²) in [4.78, 5) is 0.0794. The van der Waals surface area contributed by atoms with Crippen LogP contribution in [0.4, 0.5) is 10.1 Å². The minimum absolute atomic E-state index is 0.0794. The summed E-state index contributed by atoms with van der Waals surface area (Å²) in [5.74, 6) is -0.486. The van der Waals surface area contributed by atoms with E-state index in [0.29, 0.717) is 10.0 Å². The smallest absolute Gasteiger partial charge is 0.264 e. The molecule has 1 heterocycles. The van der Waals surface area contributed by atoms with Crippen LogP contribution in [0.5, 0.6) is 0 Å². The van der Waals surface area contributed by atoms with Crippen molar-refractivity contribution in [3.05, 3.63) is 106 Å². The number of fused-ring (bicyclic) bond motifs is 3. The summed E-state index contributed by atoms with van der Waals surface area (Å²) in [7, 11) is -4.05. The van der Waals surface area contributed by atoms with Crippen LogP contribution in [0.1, 0.15) is 5.56 Å². The van der Waals surface area contributed by atoms with E-state index in [-0.39, 0.29) is 23.7 Å². The molecule has 0 aliphatic heterocycles. The summed E-state index contributed by atoms with van der Waals surface area (Å²) in [5, 5.41) is 14.1. The molecule has 0 unspecified atom stereocenters. The van der Waals surface area contributed by atoms with Crippen molar-refractivity contribution in [2.24, 2.45) is 0 Å².